The molecule has 2 heterocycles. The average molecular weight is 373 g/mol. The standard InChI is InChI=1S/C22H19N3OS/c1-15-8-6-7-11-18(15)19-12-17-13-23-22(27-2)24-20(17)25(21(19)26)14-16-9-4-3-5-10-16/h3-13H,14H2,1-2H3. The topological polar surface area (TPSA) is 47.8 Å². The molecule has 0 fully saturated rings. The second-order valence-corrected chi connectivity index (χ2v) is 7.16. The largest absolute Gasteiger partial charge is 0.288 e. The Labute approximate surface area is 161 Å². The number of benzene rings is 2. The van der Waals surface area contributed by atoms with E-state index in [4.69, 9.17) is 0 Å². The van der Waals surface area contributed by atoms with Crippen molar-refractivity contribution in [1.29, 1.82) is 0 Å². The zero-order valence-corrected chi connectivity index (χ0v) is 16.0. The van der Waals surface area contributed by atoms with Gasteiger partial charge in [-0.1, -0.05) is 66.4 Å². The van der Waals surface area contributed by atoms with E-state index in [-0.39, 0.29) is 5.56 Å². The molecule has 2 aromatic heterocycles. The minimum atomic E-state index is -0.0357. The molecule has 2 aromatic carbocycles. The lowest BCUT2D eigenvalue weighted by Gasteiger charge is -2.14. The van der Waals surface area contributed by atoms with Gasteiger partial charge in [0.2, 0.25) is 0 Å². The first kappa shape index (κ1) is 17.5. The van der Waals surface area contributed by atoms with Gasteiger partial charge in [0.1, 0.15) is 5.65 Å². The predicted octanol–water partition coefficient (Wildman–Crippen LogP) is 4.54. The fourth-order valence-electron chi connectivity index (χ4n) is 3.22. The van der Waals surface area contributed by atoms with Crippen molar-refractivity contribution >= 4 is 22.8 Å². The fraction of sp³-hybridized carbons (Fsp3) is 0.136. The quantitative estimate of drug-likeness (QED) is 0.389. The van der Waals surface area contributed by atoms with E-state index in [1.165, 1.54) is 11.8 Å². The highest BCUT2D eigenvalue weighted by molar-refractivity contribution is 7.98. The Bertz CT molecular complexity index is 1170. The maximum Gasteiger partial charge on any atom is 0.260 e. The summed E-state index contributed by atoms with van der Waals surface area (Å²) in [5.74, 6) is 0. The third-order valence-electron chi connectivity index (χ3n) is 4.61. The summed E-state index contributed by atoms with van der Waals surface area (Å²) in [7, 11) is 0. The minimum absolute atomic E-state index is 0.0357. The molecular weight excluding hydrogens is 354 g/mol. The zero-order chi connectivity index (χ0) is 18.8. The van der Waals surface area contributed by atoms with Crippen molar-refractivity contribution in [3.63, 3.8) is 0 Å². The molecular formula is C22H19N3OS. The molecule has 0 saturated carbocycles. The Hall–Kier alpha value is -2.92. The molecule has 0 aliphatic carbocycles. The highest BCUT2D eigenvalue weighted by Crippen LogP contribution is 2.24. The maximum atomic E-state index is 13.4. The van der Waals surface area contributed by atoms with Crippen molar-refractivity contribution in [2.75, 3.05) is 6.26 Å². The van der Waals surface area contributed by atoms with Crippen molar-refractivity contribution in [2.24, 2.45) is 0 Å². The van der Waals surface area contributed by atoms with Gasteiger partial charge in [0.15, 0.2) is 5.16 Å². The first-order valence-electron chi connectivity index (χ1n) is 8.72. The van der Waals surface area contributed by atoms with Gasteiger partial charge >= 0.3 is 0 Å². The molecule has 4 rings (SSSR count). The van der Waals surface area contributed by atoms with Gasteiger partial charge < -0.3 is 0 Å². The van der Waals surface area contributed by atoms with E-state index < -0.39 is 0 Å². The molecule has 0 atom stereocenters. The predicted molar refractivity (Wildman–Crippen MR) is 111 cm³/mol. The number of hydrogen-bond acceptors (Lipinski definition) is 4. The van der Waals surface area contributed by atoms with E-state index in [1.54, 1.807) is 10.8 Å². The van der Waals surface area contributed by atoms with Crippen LogP contribution in [0.4, 0.5) is 0 Å². The normalized spacial score (nSPS) is 11.0. The van der Waals surface area contributed by atoms with E-state index in [1.807, 2.05) is 73.8 Å². The summed E-state index contributed by atoms with van der Waals surface area (Å²) < 4.78 is 1.76. The molecule has 4 aromatic rings. The number of fused-ring (bicyclic) bond motifs is 1. The van der Waals surface area contributed by atoms with Gasteiger partial charge in [-0.3, -0.25) is 9.36 Å². The summed E-state index contributed by atoms with van der Waals surface area (Å²) in [5.41, 5.74) is 4.39. The number of pyridine rings is 1. The summed E-state index contributed by atoms with van der Waals surface area (Å²) in [4.78, 5) is 22.5. The number of aromatic nitrogens is 3. The van der Waals surface area contributed by atoms with Gasteiger partial charge in [0, 0.05) is 17.1 Å². The van der Waals surface area contributed by atoms with Crippen LogP contribution in [0.15, 0.2) is 76.8 Å². The second-order valence-electron chi connectivity index (χ2n) is 6.39. The Balaban J connectivity index is 2.01. The van der Waals surface area contributed by atoms with Gasteiger partial charge in [-0.05, 0) is 35.9 Å². The number of thioether (sulfide) groups is 1. The van der Waals surface area contributed by atoms with Gasteiger partial charge in [-0.25, -0.2) is 9.97 Å². The fourth-order valence-corrected chi connectivity index (χ4v) is 3.56. The van der Waals surface area contributed by atoms with Crippen LogP contribution >= 0.6 is 11.8 Å². The third-order valence-corrected chi connectivity index (χ3v) is 5.17. The van der Waals surface area contributed by atoms with Crippen molar-refractivity contribution in [3.8, 4) is 11.1 Å². The molecule has 134 valence electrons. The lowest BCUT2D eigenvalue weighted by atomic mass is 10.0. The van der Waals surface area contributed by atoms with Crippen LogP contribution in [-0.4, -0.2) is 20.8 Å². The Morgan fingerprint density at radius 3 is 2.48 bits per heavy atom. The number of hydrogen-bond donors (Lipinski definition) is 0. The molecule has 0 aliphatic rings. The Kier molecular flexibility index (Phi) is 4.77. The molecule has 0 spiro atoms. The second kappa shape index (κ2) is 7.37. The van der Waals surface area contributed by atoms with Crippen molar-refractivity contribution in [1.82, 2.24) is 14.5 Å². The first-order valence-corrected chi connectivity index (χ1v) is 9.94. The summed E-state index contributed by atoms with van der Waals surface area (Å²) >= 11 is 1.47. The van der Waals surface area contributed by atoms with Crippen LogP contribution in [0.5, 0.6) is 0 Å². The van der Waals surface area contributed by atoms with Gasteiger partial charge in [-0.2, -0.15) is 0 Å². The van der Waals surface area contributed by atoms with Crippen molar-refractivity contribution in [2.45, 2.75) is 18.6 Å². The van der Waals surface area contributed by atoms with E-state index in [2.05, 4.69) is 9.97 Å². The minimum Gasteiger partial charge on any atom is -0.288 e. The molecule has 0 saturated heterocycles. The first-order chi connectivity index (χ1) is 13.2. The van der Waals surface area contributed by atoms with Gasteiger partial charge in [0.25, 0.3) is 5.56 Å². The average Bonchev–Trinajstić information content (AvgIpc) is 2.71. The van der Waals surface area contributed by atoms with Crippen LogP contribution in [0.25, 0.3) is 22.2 Å². The molecule has 27 heavy (non-hydrogen) atoms. The summed E-state index contributed by atoms with van der Waals surface area (Å²) in [6.45, 7) is 2.49. The highest BCUT2D eigenvalue weighted by Gasteiger charge is 2.15. The third kappa shape index (κ3) is 3.38. The van der Waals surface area contributed by atoms with E-state index in [0.717, 1.165) is 22.1 Å². The molecule has 0 N–H and O–H groups in total. The van der Waals surface area contributed by atoms with Crippen molar-refractivity contribution < 1.29 is 0 Å². The van der Waals surface area contributed by atoms with E-state index in [0.29, 0.717) is 22.9 Å². The van der Waals surface area contributed by atoms with Crippen molar-refractivity contribution in [3.05, 3.63) is 88.3 Å². The Morgan fingerprint density at radius 2 is 1.74 bits per heavy atom. The van der Waals surface area contributed by atoms with E-state index >= 15 is 0 Å². The lowest BCUT2D eigenvalue weighted by molar-refractivity contribution is 0.773. The molecule has 5 heteroatoms. The SMILES string of the molecule is CSc1ncc2cc(-c3ccccc3C)c(=O)n(Cc3ccccc3)c2n1. The smallest absolute Gasteiger partial charge is 0.260 e. The van der Waals surface area contributed by atoms with Crippen LogP contribution in [0.3, 0.4) is 0 Å². The van der Waals surface area contributed by atoms with Crippen LogP contribution in [0, 0.1) is 6.92 Å². The number of aryl methyl sites for hydroxylation is 1. The lowest BCUT2D eigenvalue weighted by Crippen LogP contribution is -2.24. The van der Waals surface area contributed by atoms with E-state index in [9.17, 15) is 4.79 Å². The Morgan fingerprint density at radius 1 is 1.00 bits per heavy atom. The summed E-state index contributed by atoms with van der Waals surface area (Å²) in [6, 6.07) is 19.8. The van der Waals surface area contributed by atoms with Gasteiger partial charge in [0.05, 0.1) is 6.54 Å². The van der Waals surface area contributed by atoms with Crippen LogP contribution in [0.1, 0.15) is 11.1 Å². The van der Waals surface area contributed by atoms with Crippen LogP contribution < -0.4 is 5.56 Å². The van der Waals surface area contributed by atoms with Gasteiger partial charge in [-0.15, -0.1) is 0 Å². The molecule has 0 amide bonds. The zero-order valence-electron chi connectivity index (χ0n) is 15.2. The molecule has 0 radical (unpaired) electrons. The summed E-state index contributed by atoms with van der Waals surface area (Å²) in [6.07, 6.45) is 3.74. The monoisotopic (exact) mass is 373 g/mol. The highest BCUT2D eigenvalue weighted by atomic mass is 32.2. The molecule has 0 unspecified atom stereocenters. The van der Waals surface area contributed by atoms with Crippen LogP contribution in [-0.2, 0) is 6.54 Å². The molecule has 0 bridgehead atoms. The summed E-state index contributed by atoms with van der Waals surface area (Å²) in [5, 5.41) is 1.52. The molecule has 4 nitrogen and oxygen atoms in total. The number of nitrogens with zero attached hydrogens (tertiary/aromatic N) is 3. The van der Waals surface area contributed by atoms with Crippen LogP contribution in [0.2, 0.25) is 0 Å². The maximum absolute atomic E-state index is 13.4. The molecule has 0 aliphatic heterocycles. The number of rotatable bonds is 4.